The van der Waals surface area contributed by atoms with Gasteiger partial charge in [-0.25, -0.2) is 9.18 Å². The zero-order valence-electron chi connectivity index (χ0n) is 22.0. The largest absolute Gasteiger partial charge is 0.346 e. The summed E-state index contributed by atoms with van der Waals surface area (Å²) in [6.07, 6.45) is 0. The summed E-state index contributed by atoms with van der Waals surface area (Å²) in [7, 11) is 0. The van der Waals surface area contributed by atoms with E-state index in [1.807, 2.05) is 70.2 Å². The first-order valence-electron chi connectivity index (χ1n) is 12.6. The molecule has 38 heavy (non-hydrogen) atoms. The van der Waals surface area contributed by atoms with Crippen LogP contribution >= 0.6 is 0 Å². The lowest BCUT2D eigenvalue weighted by atomic mass is 10.1. The van der Waals surface area contributed by atoms with Gasteiger partial charge in [-0.2, -0.15) is 9.97 Å². The fourth-order valence-corrected chi connectivity index (χ4v) is 4.53. The molecule has 7 nitrogen and oxygen atoms in total. The van der Waals surface area contributed by atoms with Crippen LogP contribution in [0.2, 0.25) is 0 Å². The van der Waals surface area contributed by atoms with E-state index in [1.54, 1.807) is 10.6 Å². The number of hydrogen-bond donors (Lipinski definition) is 2. The molecule has 8 heteroatoms. The Hall–Kier alpha value is -4.46. The first-order chi connectivity index (χ1) is 18.2. The maximum absolute atomic E-state index is 14.8. The van der Waals surface area contributed by atoms with Crippen LogP contribution < -0.4 is 15.9 Å². The van der Waals surface area contributed by atoms with E-state index >= 15 is 0 Å². The minimum atomic E-state index is -0.545. The number of nitrogens with one attached hydrogen (secondary N) is 2. The molecule has 5 rings (SSSR count). The molecule has 0 aliphatic heterocycles. The van der Waals surface area contributed by atoms with Crippen molar-refractivity contribution in [2.24, 2.45) is 0 Å². The molecule has 5 aromatic rings. The third-order valence-electron chi connectivity index (χ3n) is 6.29. The van der Waals surface area contributed by atoms with Crippen molar-refractivity contribution >= 4 is 28.6 Å². The van der Waals surface area contributed by atoms with Gasteiger partial charge in [-0.3, -0.25) is 4.57 Å². The molecule has 0 bridgehead atoms. The smallest absolute Gasteiger partial charge is 0.328 e. The number of fused-ring (bicyclic) bond motifs is 1. The number of imidazole rings is 1. The molecule has 0 atom stereocenters. The zero-order valence-corrected chi connectivity index (χ0v) is 22.0. The summed E-state index contributed by atoms with van der Waals surface area (Å²) in [5, 5.41) is 3.05. The first kappa shape index (κ1) is 25.2. The highest BCUT2D eigenvalue weighted by Crippen LogP contribution is 2.30. The second kappa shape index (κ2) is 10.1. The third kappa shape index (κ3) is 5.29. The summed E-state index contributed by atoms with van der Waals surface area (Å²) in [5.41, 5.74) is 3.42. The second-order valence-corrected chi connectivity index (χ2v) is 10.4. The molecule has 0 unspecified atom stereocenters. The van der Waals surface area contributed by atoms with Crippen LogP contribution in [-0.4, -0.2) is 19.5 Å². The van der Waals surface area contributed by atoms with E-state index in [1.165, 1.54) is 6.07 Å². The summed E-state index contributed by atoms with van der Waals surface area (Å²) >= 11 is 0. The van der Waals surface area contributed by atoms with Gasteiger partial charge in [0.2, 0.25) is 5.95 Å². The van der Waals surface area contributed by atoms with Crippen molar-refractivity contribution in [1.82, 2.24) is 19.5 Å². The van der Waals surface area contributed by atoms with Crippen LogP contribution in [0.3, 0.4) is 0 Å². The molecule has 0 radical (unpaired) electrons. The number of aryl methyl sites for hydroxylation is 1. The van der Waals surface area contributed by atoms with Crippen LogP contribution in [0.4, 0.5) is 21.8 Å². The van der Waals surface area contributed by atoms with Crippen molar-refractivity contribution in [3.8, 4) is 0 Å². The number of anilines is 3. The van der Waals surface area contributed by atoms with Crippen molar-refractivity contribution in [3.63, 3.8) is 0 Å². The van der Waals surface area contributed by atoms with Gasteiger partial charge in [0.25, 0.3) is 0 Å². The number of aromatic nitrogens is 4. The summed E-state index contributed by atoms with van der Waals surface area (Å²) < 4.78 is 16.4. The molecular weight excluding hydrogens is 479 g/mol. The topological polar surface area (TPSA) is 78.8 Å². The zero-order chi connectivity index (χ0) is 26.9. The van der Waals surface area contributed by atoms with E-state index < -0.39 is 11.4 Å². The van der Waals surface area contributed by atoms with Crippen LogP contribution in [0.25, 0.3) is 11.2 Å². The Morgan fingerprint density at radius 1 is 0.921 bits per heavy atom. The number of aromatic amines is 1. The maximum atomic E-state index is 14.8. The molecule has 0 fully saturated rings. The highest BCUT2D eigenvalue weighted by molar-refractivity contribution is 5.85. The minimum absolute atomic E-state index is 0.207. The lowest BCUT2D eigenvalue weighted by Crippen LogP contribution is -2.32. The van der Waals surface area contributed by atoms with Gasteiger partial charge in [-0.05, 0) is 56.5 Å². The van der Waals surface area contributed by atoms with Crippen molar-refractivity contribution < 1.29 is 4.39 Å². The Labute approximate surface area is 221 Å². The number of benzene rings is 3. The normalized spacial score (nSPS) is 11.6. The molecule has 0 saturated heterocycles. The predicted octanol–water partition coefficient (Wildman–Crippen LogP) is 6.27. The van der Waals surface area contributed by atoms with Gasteiger partial charge in [-0.15, -0.1) is 0 Å². The Bertz CT molecular complexity index is 1580. The van der Waals surface area contributed by atoms with E-state index in [0.29, 0.717) is 30.1 Å². The Balaban J connectivity index is 1.70. The number of nitrogens with zero attached hydrogens (tertiary/aromatic N) is 4. The third-order valence-corrected chi connectivity index (χ3v) is 6.29. The Morgan fingerprint density at radius 3 is 2.08 bits per heavy atom. The second-order valence-electron chi connectivity index (χ2n) is 10.4. The van der Waals surface area contributed by atoms with Gasteiger partial charge in [0.05, 0.1) is 5.69 Å². The molecule has 2 N–H and O–H groups in total. The molecule has 2 heterocycles. The van der Waals surface area contributed by atoms with Crippen LogP contribution in [0.1, 0.15) is 37.5 Å². The highest BCUT2D eigenvalue weighted by atomic mass is 19.1. The van der Waals surface area contributed by atoms with Crippen molar-refractivity contribution in [2.75, 3.05) is 10.2 Å². The van der Waals surface area contributed by atoms with E-state index in [0.717, 1.165) is 16.7 Å². The van der Waals surface area contributed by atoms with Gasteiger partial charge in [0.1, 0.15) is 11.3 Å². The summed E-state index contributed by atoms with van der Waals surface area (Å²) in [5.74, 6) is 0.360. The van der Waals surface area contributed by atoms with Crippen LogP contribution in [0.5, 0.6) is 0 Å². The Kier molecular flexibility index (Phi) is 6.72. The summed E-state index contributed by atoms with van der Waals surface area (Å²) in [4.78, 5) is 27.8. The van der Waals surface area contributed by atoms with Gasteiger partial charge in [-0.1, -0.05) is 66.7 Å². The molecule has 0 spiro atoms. The average Bonchev–Trinajstić information content (AvgIpc) is 3.22. The van der Waals surface area contributed by atoms with Crippen molar-refractivity contribution in [3.05, 3.63) is 112 Å². The van der Waals surface area contributed by atoms with Crippen molar-refractivity contribution in [2.45, 2.75) is 46.3 Å². The fourth-order valence-electron chi connectivity index (χ4n) is 4.53. The quantitative estimate of drug-likeness (QED) is 0.270. The Morgan fingerprint density at radius 2 is 1.53 bits per heavy atom. The molecule has 3 aromatic carbocycles. The standard InChI is InChI=1S/C30H31FN6O/c1-20-15-16-24(23(31)17-20)32-28-34-26(25-27(35-28)37(29(38)33-25)30(2,3)4)36(18-21-11-7-5-8-12-21)19-22-13-9-6-10-14-22/h5-17H,18-19H2,1-4H3,(H,33,38)(H,32,34,35). The van der Waals surface area contributed by atoms with Gasteiger partial charge in [0.15, 0.2) is 11.5 Å². The predicted molar refractivity (Wildman–Crippen MR) is 150 cm³/mol. The fraction of sp³-hybridized carbons (Fsp3) is 0.233. The van der Waals surface area contributed by atoms with Gasteiger partial charge >= 0.3 is 5.69 Å². The molecule has 0 saturated carbocycles. The van der Waals surface area contributed by atoms with E-state index in [9.17, 15) is 9.18 Å². The highest BCUT2D eigenvalue weighted by Gasteiger charge is 2.26. The number of H-pyrrole nitrogens is 1. The van der Waals surface area contributed by atoms with E-state index in [2.05, 4.69) is 39.5 Å². The number of halogens is 1. The van der Waals surface area contributed by atoms with Gasteiger partial charge < -0.3 is 15.2 Å². The van der Waals surface area contributed by atoms with Crippen molar-refractivity contribution in [1.29, 1.82) is 0 Å². The average molecular weight is 511 g/mol. The summed E-state index contributed by atoms with van der Waals surface area (Å²) in [6.45, 7) is 8.76. The minimum Gasteiger partial charge on any atom is -0.346 e. The monoisotopic (exact) mass is 510 g/mol. The molecule has 2 aromatic heterocycles. The lowest BCUT2D eigenvalue weighted by Gasteiger charge is -2.26. The molecule has 0 aliphatic rings. The van der Waals surface area contributed by atoms with E-state index in [4.69, 9.17) is 9.97 Å². The maximum Gasteiger partial charge on any atom is 0.328 e. The molecule has 194 valence electrons. The van der Waals surface area contributed by atoms with E-state index in [-0.39, 0.29) is 17.3 Å². The number of rotatable bonds is 7. The summed E-state index contributed by atoms with van der Waals surface area (Å²) in [6, 6.07) is 25.1. The SMILES string of the molecule is Cc1ccc(Nc2nc(N(Cc3ccccc3)Cc3ccccc3)c3[nH]c(=O)n(C(C)(C)C)c3n2)c(F)c1. The molecule has 0 aliphatic carbocycles. The van der Waals surface area contributed by atoms with Gasteiger partial charge in [0, 0.05) is 18.6 Å². The van der Waals surface area contributed by atoms with Crippen LogP contribution in [-0.2, 0) is 18.6 Å². The van der Waals surface area contributed by atoms with Crippen LogP contribution in [0, 0.1) is 12.7 Å². The lowest BCUT2D eigenvalue weighted by molar-refractivity contribution is 0.395. The molecule has 0 amide bonds. The molecular formula is C30H31FN6O. The first-order valence-corrected chi connectivity index (χ1v) is 12.6. The number of hydrogen-bond acceptors (Lipinski definition) is 5. The van der Waals surface area contributed by atoms with Crippen LogP contribution in [0.15, 0.2) is 83.7 Å².